The molecular formula is C14H22OS2. The van der Waals surface area contributed by atoms with Crippen LogP contribution in [0.4, 0.5) is 0 Å². The van der Waals surface area contributed by atoms with Gasteiger partial charge in [-0.3, -0.25) is 0 Å². The standard InChI is InChI=1S/C14H22OS2/c1-13-5-6-14(16-7-2-8-17-14)9-11(13)3-4-12(13)10-15/h9,12,15H,2-8,10H2,1H3/t12-,13+/m0/s1. The number of hydrogen-bond acceptors (Lipinski definition) is 3. The van der Waals surface area contributed by atoms with Crippen LogP contribution in [0.15, 0.2) is 11.6 Å². The average Bonchev–Trinajstić information content (AvgIpc) is 2.67. The number of rotatable bonds is 1. The topological polar surface area (TPSA) is 20.2 Å². The number of aliphatic hydroxyl groups is 1. The molecule has 2 atom stereocenters. The van der Waals surface area contributed by atoms with E-state index in [1.54, 1.807) is 5.57 Å². The summed E-state index contributed by atoms with van der Waals surface area (Å²) in [5.74, 6) is 3.18. The van der Waals surface area contributed by atoms with Crippen LogP contribution in [0.2, 0.25) is 0 Å². The fourth-order valence-corrected chi connectivity index (χ4v) is 6.91. The van der Waals surface area contributed by atoms with Gasteiger partial charge in [-0.25, -0.2) is 0 Å². The lowest BCUT2D eigenvalue weighted by atomic mass is 9.70. The number of thioether (sulfide) groups is 2. The van der Waals surface area contributed by atoms with Gasteiger partial charge in [-0.2, -0.15) is 0 Å². The second-order valence-electron chi connectivity index (χ2n) is 5.87. The molecule has 96 valence electrons. The lowest BCUT2D eigenvalue weighted by Crippen LogP contribution is -2.35. The molecule has 1 aliphatic heterocycles. The smallest absolute Gasteiger partial charge is 0.0794 e. The zero-order valence-corrected chi connectivity index (χ0v) is 12.2. The molecule has 0 aromatic rings. The highest BCUT2D eigenvalue weighted by atomic mass is 32.2. The highest BCUT2D eigenvalue weighted by Crippen LogP contribution is 2.60. The highest BCUT2D eigenvalue weighted by molar-refractivity contribution is 8.19. The Morgan fingerprint density at radius 1 is 1.35 bits per heavy atom. The maximum absolute atomic E-state index is 9.53. The Morgan fingerprint density at radius 2 is 2.12 bits per heavy atom. The van der Waals surface area contributed by atoms with Crippen molar-refractivity contribution >= 4 is 23.5 Å². The van der Waals surface area contributed by atoms with Crippen LogP contribution in [-0.2, 0) is 0 Å². The number of fused-ring (bicyclic) bond motifs is 1. The second kappa shape index (κ2) is 4.50. The van der Waals surface area contributed by atoms with Crippen LogP contribution in [-0.4, -0.2) is 27.3 Å². The van der Waals surface area contributed by atoms with E-state index in [2.05, 4.69) is 36.5 Å². The SMILES string of the molecule is C[C@@]12CCC3(C=C1CC[C@H]2CO)SCCCS3. The normalized spacial score (nSPS) is 40.1. The van der Waals surface area contributed by atoms with E-state index in [1.165, 1.54) is 43.6 Å². The lowest BCUT2D eigenvalue weighted by molar-refractivity contribution is 0.138. The van der Waals surface area contributed by atoms with Crippen molar-refractivity contribution in [1.29, 1.82) is 0 Å². The predicted octanol–water partition coefficient (Wildman–Crippen LogP) is 3.68. The minimum Gasteiger partial charge on any atom is -0.396 e. The summed E-state index contributed by atoms with van der Waals surface area (Å²) < 4.78 is 0.400. The van der Waals surface area contributed by atoms with Crippen molar-refractivity contribution < 1.29 is 5.11 Å². The monoisotopic (exact) mass is 270 g/mol. The Balaban J connectivity index is 1.88. The molecule has 2 aliphatic carbocycles. The van der Waals surface area contributed by atoms with E-state index in [0.29, 0.717) is 22.0 Å². The fourth-order valence-electron chi connectivity index (χ4n) is 3.68. The Morgan fingerprint density at radius 3 is 2.82 bits per heavy atom. The third-order valence-electron chi connectivity index (χ3n) is 4.99. The van der Waals surface area contributed by atoms with E-state index in [-0.39, 0.29) is 0 Å². The van der Waals surface area contributed by atoms with Crippen LogP contribution in [0.25, 0.3) is 0 Å². The van der Waals surface area contributed by atoms with Gasteiger partial charge in [0, 0.05) is 6.61 Å². The summed E-state index contributed by atoms with van der Waals surface area (Å²) in [5, 5.41) is 9.53. The van der Waals surface area contributed by atoms with Crippen LogP contribution < -0.4 is 0 Å². The molecule has 0 amide bonds. The molecule has 1 saturated heterocycles. The first-order chi connectivity index (χ1) is 8.19. The molecule has 3 heteroatoms. The Kier molecular flexibility index (Phi) is 3.29. The Bertz CT molecular complexity index is 333. The van der Waals surface area contributed by atoms with Crippen LogP contribution in [0.3, 0.4) is 0 Å². The molecule has 0 aromatic heterocycles. The Labute approximate surface area is 113 Å². The second-order valence-corrected chi connectivity index (χ2v) is 8.98. The van der Waals surface area contributed by atoms with Crippen molar-refractivity contribution in [3.05, 3.63) is 11.6 Å². The zero-order chi connectivity index (χ0) is 11.9. The van der Waals surface area contributed by atoms with Crippen molar-refractivity contribution in [2.24, 2.45) is 11.3 Å². The van der Waals surface area contributed by atoms with Crippen molar-refractivity contribution in [2.45, 2.75) is 43.1 Å². The van der Waals surface area contributed by atoms with E-state index in [9.17, 15) is 5.11 Å². The van der Waals surface area contributed by atoms with Gasteiger partial charge >= 0.3 is 0 Å². The van der Waals surface area contributed by atoms with Crippen molar-refractivity contribution in [2.75, 3.05) is 18.1 Å². The van der Waals surface area contributed by atoms with E-state index in [0.717, 1.165) is 0 Å². The summed E-state index contributed by atoms with van der Waals surface area (Å²) in [7, 11) is 0. The summed E-state index contributed by atoms with van der Waals surface area (Å²) in [6.07, 6.45) is 8.98. The van der Waals surface area contributed by atoms with Gasteiger partial charge in [-0.1, -0.05) is 18.6 Å². The van der Waals surface area contributed by atoms with E-state index in [4.69, 9.17) is 0 Å². The van der Waals surface area contributed by atoms with Crippen molar-refractivity contribution in [3.8, 4) is 0 Å². The summed E-state index contributed by atoms with van der Waals surface area (Å²) in [5.41, 5.74) is 1.98. The first-order valence-corrected chi connectivity index (χ1v) is 8.77. The van der Waals surface area contributed by atoms with Crippen LogP contribution in [0.5, 0.6) is 0 Å². The van der Waals surface area contributed by atoms with E-state index in [1.807, 2.05) is 0 Å². The molecule has 17 heavy (non-hydrogen) atoms. The molecule has 0 radical (unpaired) electrons. The third kappa shape index (κ3) is 1.98. The first kappa shape index (κ1) is 12.4. The van der Waals surface area contributed by atoms with Crippen LogP contribution >= 0.6 is 23.5 Å². The number of aliphatic hydroxyl groups excluding tert-OH is 1. The van der Waals surface area contributed by atoms with Crippen LogP contribution in [0.1, 0.15) is 39.0 Å². The summed E-state index contributed by atoms with van der Waals surface area (Å²) in [6, 6.07) is 0. The lowest BCUT2D eigenvalue weighted by Gasteiger charge is -2.44. The average molecular weight is 270 g/mol. The maximum atomic E-state index is 9.53. The summed E-state index contributed by atoms with van der Waals surface area (Å²) in [6.45, 7) is 2.76. The van der Waals surface area contributed by atoms with Gasteiger partial charge in [0.05, 0.1) is 4.08 Å². The minimum atomic E-state index is 0.318. The molecule has 0 unspecified atom stereocenters. The maximum Gasteiger partial charge on any atom is 0.0794 e. The predicted molar refractivity (Wildman–Crippen MR) is 77.5 cm³/mol. The largest absolute Gasteiger partial charge is 0.396 e. The molecule has 1 heterocycles. The fraction of sp³-hybridized carbons (Fsp3) is 0.857. The molecule has 3 rings (SSSR count). The zero-order valence-electron chi connectivity index (χ0n) is 10.6. The van der Waals surface area contributed by atoms with Gasteiger partial charge in [0.2, 0.25) is 0 Å². The van der Waals surface area contributed by atoms with Crippen molar-refractivity contribution in [1.82, 2.24) is 0 Å². The molecule has 1 nitrogen and oxygen atoms in total. The highest BCUT2D eigenvalue weighted by Gasteiger charge is 2.48. The first-order valence-electron chi connectivity index (χ1n) is 6.80. The molecule has 1 N–H and O–H groups in total. The van der Waals surface area contributed by atoms with Gasteiger partial charge < -0.3 is 5.11 Å². The van der Waals surface area contributed by atoms with Crippen molar-refractivity contribution in [3.63, 3.8) is 0 Å². The summed E-state index contributed by atoms with van der Waals surface area (Å²) >= 11 is 4.33. The molecule has 0 bridgehead atoms. The third-order valence-corrected chi connectivity index (χ3v) is 8.30. The van der Waals surface area contributed by atoms with E-state index < -0.39 is 0 Å². The van der Waals surface area contributed by atoms with Crippen LogP contribution in [0, 0.1) is 11.3 Å². The number of hydrogen-bond donors (Lipinski definition) is 1. The van der Waals surface area contributed by atoms with Gasteiger partial charge in [0.15, 0.2) is 0 Å². The minimum absolute atomic E-state index is 0.318. The summed E-state index contributed by atoms with van der Waals surface area (Å²) in [4.78, 5) is 0. The molecule has 0 aromatic carbocycles. The molecule has 1 spiro atoms. The molecule has 2 fully saturated rings. The molecule has 1 saturated carbocycles. The quantitative estimate of drug-likeness (QED) is 0.734. The van der Waals surface area contributed by atoms with Gasteiger partial charge in [0.25, 0.3) is 0 Å². The molecular weight excluding hydrogens is 248 g/mol. The van der Waals surface area contributed by atoms with Gasteiger partial charge in [-0.05, 0) is 54.9 Å². The van der Waals surface area contributed by atoms with Gasteiger partial charge in [0.1, 0.15) is 0 Å². The molecule has 3 aliphatic rings. The van der Waals surface area contributed by atoms with E-state index >= 15 is 0 Å². The Hall–Kier alpha value is 0.400. The number of allylic oxidation sites excluding steroid dienone is 1. The van der Waals surface area contributed by atoms with Gasteiger partial charge in [-0.15, -0.1) is 23.5 Å².